The summed E-state index contributed by atoms with van der Waals surface area (Å²) in [6.45, 7) is 12.4. The number of benzene rings is 1. The highest BCUT2D eigenvalue weighted by molar-refractivity contribution is 5.72. The molecule has 0 unspecified atom stereocenters. The second kappa shape index (κ2) is 9.92. The van der Waals surface area contributed by atoms with E-state index in [2.05, 4.69) is 45.6 Å². The van der Waals surface area contributed by atoms with Gasteiger partial charge in [0.15, 0.2) is 0 Å². The monoisotopic (exact) mass is 326 g/mol. The van der Waals surface area contributed by atoms with E-state index in [1.165, 1.54) is 5.57 Å². The van der Waals surface area contributed by atoms with Crippen LogP contribution in [0.4, 0.5) is 0 Å². The maximum Gasteiger partial charge on any atom is 0.311 e. The van der Waals surface area contributed by atoms with E-state index in [1.807, 2.05) is 37.3 Å². The fourth-order valence-corrected chi connectivity index (χ4v) is 2.25. The molecule has 0 heterocycles. The van der Waals surface area contributed by atoms with Crippen LogP contribution in [0.3, 0.4) is 0 Å². The molecular formula is C22H30O2. The van der Waals surface area contributed by atoms with Crippen LogP contribution in [0, 0.1) is 5.41 Å². The van der Waals surface area contributed by atoms with Gasteiger partial charge in [-0.2, -0.15) is 0 Å². The van der Waals surface area contributed by atoms with Gasteiger partial charge in [0.1, 0.15) is 5.75 Å². The van der Waals surface area contributed by atoms with Crippen molar-refractivity contribution in [1.82, 2.24) is 0 Å². The molecule has 0 amide bonds. The van der Waals surface area contributed by atoms with Crippen LogP contribution in [0.1, 0.15) is 58.9 Å². The predicted molar refractivity (Wildman–Crippen MR) is 103 cm³/mol. The van der Waals surface area contributed by atoms with Gasteiger partial charge in [0.25, 0.3) is 0 Å². The minimum atomic E-state index is -0.181. The molecule has 0 aliphatic carbocycles. The smallest absolute Gasteiger partial charge is 0.311 e. The van der Waals surface area contributed by atoms with Gasteiger partial charge in [-0.1, -0.05) is 55.9 Å². The van der Waals surface area contributed by atoms with Crippen molar-refractivity contribution >= 4 is 12.0 Å². The summed E-state index contributed by atoms with van der Waals surface area (Å²) in [4.78, 5) is 11.5. The van der Waals surface area contributed by atoms with E-state index in [4.69, 9.17) is 4.74 Å². The van der Waals surface area contributed by atoms with Crippen molar-refractivity contribution in [1.29, 1.82) is 0 Å². The molecule has 1 rings (SSSR count). The average molecular weight is 326 g/mol. The molecular weight excluding hydrogens is 296 g/mol. The fourth-order valence-electron chi connectivity index (χ4n) is 2.25. The van der Waals surface area contributed by atoms with Gasteiger partial charge >= 0.3 is 5.97 Å². The molecule has 130 valence electrons. The Morgan fingerprint density at radius 2 is 1.92 bits per heavy atom. The average Bonchev–Trinajstić information content (AvgIpc) is 2.54. The molecule has 0 fully saturated rings. The largest absolute Gasteiger partial charge is 0.427 e. The number of rotatable bonds is 9. The summed E-state index contributed by atoms with van der Waals surface area (Å²) in [5, 5.41) is 0. The molecule has 0 saturated carbocycles. The number of ether oxygens (including phenoxy) is 1. The van der Waals surface area contributed by atoms with E-state index in [1.54, 1.807) is 0 Å². The Labute approximate surface area is 146 Å². The zero-order valence-electron chi connectivity index (χ0n) is 15.5. The lowest BCUT2D eigenvalue weighted by Crippen LogP contribution is -2.08. The van der Waals surface area contributed by atoms with Crippen LogP contribution in [-0.4, -0.2) is 5.97 Å². The molecule has 0 radical (unpaired) electrons. The Kier molecular flexibility index (Phi) is 8.25. The summed E-state index contributed by atoms with van der Waals surface area (Å²) in [6, 6.07) is 7.60. The van der Waals surface area contributed by atoms with E-state index < -0.39 is 0 Å². The molecule has 0 saturated heterocycles. The first-order valence-corrected chi connectivity index (χ1v) is 8.65. The number of carbonyl (C=O) groups excluding carboxylic acids is 1. The molecule has 0 spiro atoms. The topological polar surface area (TPSA) is 26.3 Å². The van der Waals surface area contributed by atoms with E-state index in [-0.39, 0.29) is 11.4 Å². The molecule has 0 bridgehead atoms. The molecule has 1 atom stereocenters. The van der Waals surface area contributed by atoms with Crippen LogP contribution in [-0.2, 0) is 4.79 Å². The van der Waals surface area contributed by atoms with Gasteiger partial charge in [-0.25, -0.2) is 0 Å². The van der Waals surface area contributed by atoms with Crippen LogP contribution < -0.4 is 4.74 Å². The van der Waals surface area contributed by atoms with Crippen molar-refractivity contribution in [3.05, 3.63) is 60.2 Å². The third-order valence-corrected chi connectivity index (χ3v) is 3.92. The highest BCUT2D eigenvalue weighted by atomic mass is 16.5. The molecule has 0 N–H and O–H groups in total. The van der Waals surface area contributed by atoms with Crippen molar-refractivity contribution in [2.45, 2.75) is 53.4 Å². The van der Waals surface area contributed by atoms with Crippen LogP contribution in [0.15, 0.2) is 54.6 Å². The Morgan fingerprint density at radius 1 is 1.25 bits per heavy atom. The normalized spacial score (nSPS) is 13.3. The summed E-state index contributed by atoms with van der Waals surface area (Å²) < 4.78 is 5.27. The van der Waals surface area contributed by atoms with Crippen molar-refractivity contribution in [3.8, 4) is 5.75 Å². The standard InChI is InChI=1S/C22H30O2/c1-6-9-21(23)24-20-13-11-19(12-14-20)15-17-22(5,7-2)16-8-10-18(3)4/h7,10-15,17H,2,6,8-9,16H2,1,3-5H3/b17-15+/t22-/m1/s1. The van der Waals surface area contributed by atoms with Crippen molar-refractivity contribution < 1.29 is 9.53 Å². The summed E-state index contributed by atoms with van der Waals surface area (Å²) in [5.41, 5.74) is 2.40. The number of hydrogen-bond acceptors (Lipinski definition) is 2. The summed E-state index contributed by atoms with van der Waals surface area (Å²) in [7, 11) is 0. The molecule has 24 heavy (non-hydrogen) atoms. The minimum Gasteiger partial charge on any atom is -0.427 e. The first-order chi connectivity index (χ1) is 11.4. The summed E-state index contributed by atoms with van der Waals surface area (Å²) in [6.07, 6.45) is 11.9. The zero-order chi connectivity index (χ0) is 18.0. The lowest BCUT2D eigenvalue weighted by Gasteiger charge is -2.20. The van der Waals surface area contributed by atoms with Gasteiger partial charge in [-0.15, -0.1) is 6.58 Å². The quantitative estimate of drug-likeness (QED) is 0.300. The van der Waals surface area contributed by atoms with Crippen molar-refractivity contribution in [2.24, 2.45) is 5.41 Å². The van der Waals surface area contributed by atoms with Gasteiger partial charge < -0.3 is 4.74 Å². The third-order valence-electron chi connectivity index (χ3n) is 3.92. The third kappa shape index (κ3) is 7.45. The Balaban J connectivity index is 2.69. The van der Waals surface area contributed by atoms with Gasteiger partial charge in [0.2, 0.25) is 0 Å². The van der Waals surface area contributed by atoms with Gasteiger partial charge in [0.05, 0.1) is 0 Å². The van der Waals surface area contributed by atoms with Crippen molar-refractivity contribution in [2.75, 3.05) is 0 Å². The van der Waals surface area contributed by atoms with Gasteiger partial charge in [-0.3, -0.25) is 4.79 Å². The number of hydrogen-bond donors (Lipinski definition) is 0. The second-order valence-electron chi connectivity index (χ2n) is 6.66. The molecule has 0 aromatic heterocycles. The number of carbonyl (C=O) groups is 1. The van der Waals surface area contributed by atoms with Crippen molar-refractivity contribution in [3.63, 3.8) is 0 Å². The highest BCUT2D eigenvalue weighted by Gasteiger charge is 2.15. The van der Waals surface area contributed by atoms with Crippen LogP contribution in [0.2, 0.25) is 0 Å². The fraction of sp³-hybridized carbons (Fsp3) is 0.409. The first-order valence-electron chi connectivity index (χ1n) is 8.65. The second-order valence-corrected chi connectivity index (χ2v) is 6.66. The van der Waals surface area contributed by atoms with Gasteiger partial charge in [0, 0.05) is 11.8 Å². The van der Waals surface area contributed by atoms with Crippen LogP contribution in [0.5, 0.6) is 5.75 Å². The maximum atomic E-state index is 11.5. The molecule has 2 nitrogen and oxygen atoms in total. The van der Waals surface area contributed by atoms with E-state index in [9.17, 15) is 4.79 Å². The minimum absolute atomic E-state index is 0.0296. The first kappa shape index (κ1) is 20.0. The Morgan fingerprint density at radius 3 is 2.46 bits per heavy atom. The number of allylic oxidation sites excluding steroid dienone is 4. The zero-order valence-corrected chi connectivity index (χ0v) is 15.5. The summed E-state index contributed by atoms with van der Waals surface area (Å²) >= 11 is 0. The summed E-state index contributed by atoms with van der Waals surface area (Å²) in [5.74, 6) is 0.417. The van der Waals surface area contributed by atoms with Crippen LogP contribution in [0.25, 0.3) is 6.08 Å². The Hall–Kier alpha value is -2.09. The lowest BCUT2D eigenvalue weighted by atomic mass is 9.84. The molecule has 0 aliphatic heterocycles. The lowest BCUT2D eigenvalue weighted by molar-refractivity contribution is -0.134. The highest BCUT2D eigenvalue weighted by Crippen LogP contribution is 2.28. The SMILES string of the molecule is C=C[C@@](C)(/C=C/c1ccc(OC(=O)CCC)cc1)CCC=C(C)C. The van der Waals surface area contributed by atoms with E-state index >= 15 is 0 Å². The molecule has 2 heteroatoms. The molecule has 1 aromatic rings. The molecule has 0 aliphatic rings. The van der Waals surface area contributed by atoms with E-state index in [0.29, 0.717) is 12.2 Å². The predicted octanol–water partition coefficient (Wildman–Crippen LogP) is 6.34. The maximum absolute atomic E-state index is 11.5. The Bertz CT molecular complexity index is 589. The number of esters is 1. The molecule has 1 aromatic carbocycles. The van der Waals surface area contributed by atoms with E-state index in [0.717, 1.165) is 24.8 Å². The van der Waals surface area contributed by atoms with Gasteiger partial charge in [-0.05, 0) is 50.8 Å². The van der Waals surface area contributed by atoms with Crippen LogP contribution >= 0.6 is 0 Å².